The van der Waals surface area contributed by atoms with E-state index in [4.69, 9.17) is 15.4 Å². The molecule has 114 valence electrons. The van der Waals surface area contributed by atoms with E-state index < -0.39 is 9.05 Å². The molecule has 0 atom stereocenters. The van der Waals surface area contributed by atoms with Gasteiger partial charge in [0.05, 0.1) is 13.0 Å². The Balaban J connectivity index is 2.75. The van der Waals surface area contributed by atoms with Gasteiger partial charge in [0.15, 0.2) is 0 Å². The van der Waals surface area contributed by atoms with Gasteiger partial charge in [-0.05, 0) is 26.0 Å². The molecule has 1 rings (SSSR count). The zero-order valence-corrected chi connectivity index (χ0v) is 14.0. The van der Waals surface area contributed by atoms with Crippen LogP contribution in [0, 0.1) is 0 Å². The molecule has 1 aromatic rings. The van der Waals surface area contributed by atoms with Crippen molar-refractivity contribution in [2.45, 2.75) is 30.5 Å². The Bertz CT molecular complexity index is 554. The quantitative estimate of drug-likeness (QED) is 0.714. The SMILES string of the molecule is COCCN(C(=O)Cc1ccc(S(=O)(=O)Cl)s1)C(C)C. The van der Waals surface area contributed by atoms with Gasteiger partial charge in [-0.25, -0.2) is 8.42 Å². The summed E-state index contributed by atoms with van der Waals surface area (Å²) in [5.41, 5.74) is 0. The summed E-state index contributed by atoms with van der Waals surface area (Å²) in [6, 6.07) is 3.10. The van der Waals surface area contributed by atoms with Crippen LogP contribution in [-0.4, -0.2) is 45.5 Å². The highest BCUT2D eigenvalue weighted by Crippen LogP contribution is 2.25. The van der Waals surface area contributed by atoms with Crippen LogP contribution in [0.25, 0.3) is 0 Å². The lowest BCUT2D eigenvalue weighted by Gasteiger charge is -2.26. The van der Waals surface area contributed by atoms with Crippen molar-refractivity contribution in [2.75, 3.05) is 20.3 Å². The third kappa shape index (κ3) is 5.05. The maximum absolute atomic E-state index is 12.2. The number of nitrogens with zero attached hydrogens (tertiary/aromatic N) is 1. The summed E-state index contributed by atoms with van der Waals surface area (Å²) in [4.78, 5) is 14.6. The molecule has 1 aromatic heterocycles. The smallest absolute Gasteiger partial charge is 0.270 e. The molecule has 0 unspecified atom stereocenters. The largest absolute Gasteiger partial charge is 0.383 e. The van der Waals surface area contributed by atoms with Crippen LogP contribution >= 0.6 is 22.0 Å². The number of ether oxygens (including phenoxy) is 1. The first-order chi connectivity index (χ1) is 9.25. The van der Waals surface area contributed by atoms with Crippen molar-refractivity contribution < 1.29 is 17.9 Å². The van der Waals surface area contributed by atoms with Crippen LogP contribution in [0.4, 0.5) is 0 Å². The molecule has 5 nitrogen and oxygen atoms in total. The van der Waals surface area contributed by atoms with Crippen LogP contribution in [0.3, 0.4) is 0 Å². The third-order valence-corrected chi connectivity index (χ3v) is 5.86. The number of hydrogen-bond donors (Lipinski definition) is 0. The second kappa shape index (κ2) is 7.40. The molecule has 0 aliphatic carbocycles. The van der Waals surface area contributed by atoms with E-state index in [0.29, 0.717) is 18.0 Å². The van der Waals surface area contributed by atoms with Crippen LogP contribution in [0.5, 0.6) is 0 Å². The average molecular weight is 340 g/mol. The third-order valence-electron chi connectivity index (χ3n) is 2.68. The van der Waals surface area contributed by atoms with Crippen LogP contribution in [0.1, 0.15) is 18.7 Å². The highest BCUT2D eigenvalue weighted by molar-refractivity contribution is 8.15. The summed E-state index contributed by atoms with van der Waals surface area (Å²) in [6.45, 7) is 4.84. The fourth-order valence-electron chi connectivity index (χ4n) is 1.70. The van der Waals surface area contributed by atoms with E-state index in [9.17, 15) is 13.2 Å². The van der Waals surface area contributed by atoms with Crippen molar-refractivity contribution >= 4 is 37.0 Å². The van der Waals surface area contributed by atoms with Crippen molar-refractivity contribution in [3.8, 4) is 0 Å². The Morgan fingerprint density at radius 3 is 2.55 bits per heavy atom. The fourth-order valence-corrected chi connectivity index (χ4v) is 3.81. The number of methoxy groups -OCH3 is 1. The van der Waals surface area contributed by atoms with Crippen molar-refractivity contribution in [1.29, 1.82) is 0 Å². The maximum Gasteiger partial charge on any atom is 0.270 e. The van der Waals surface area contributed by atoms with E-state index >= 15 is 0 Å². The molecule has 1 heterocycles. The van der Waals surface area contributed by atoms with E-state index in [0.717, 1.165) is 11.3 Å². The van der Waals surface area contributed by atoms with Gasteiger partial charge in [-0.15, -0.1) is 11.3 Å². The molecule has 0 bridgehead atoms. The minimum absolute atomic E-state index is 0.0579. The maximum atomic E-state index is 12.2. The van der Waals surface area contributed by atoms with Crippen molar-refractivity contribution in [2.24, 2.45) is 0 Å². The minimum atomic E-state index is -3.72. The van der Waals surface area contributed by atoms with Gasteiger partial charge in [-0.1, -0.05) is 0 Å². The lowest BCUT2D eigenvalue weighted by atomic mass is 10.2. The van der Waals surface area contributed by atoms with Crippen LogP contribution in [0.2, 0.25) is 0 Å². The Labute approximate surface area is 127 Å². The van der Waals surface area contributed by atoms with Gasteiger partial charge >= 0.3 is 0 Å². The van der Waals surface area contributed by atoms with Gasteiger partial charge in [-0.3, -0.25) is 4.79 Å². The molecule has 8 heteroatoms. The number of carbonyl (C=O) groups excluding carboxylic acids is 1. The minimum Gasteiger partial charge on any atom is -0.383 e. The second-order valence-corrected chi connectivity index (χ2v) is 8.47. The zero-order chi connectivity index (χ0) is 15.3. The topological polar surface area (TPSA) is 63.7 Å². The highest BCUT2D eigenvalue weighted by Gasteiger charge is 2.19. The zero-order valence-electron chi connectivity index (χ0n) is 11.6. The summed E-state index contributed by atoms with van der Waals surface area (Å²) in [5.74, 6) is -0.0579. The Hall–Kier alpha value is -0.630. The van der Waals surface area contributed by atoms with E-state index in [1.165, 1.54) is 6.07 Å². The van der Waals surface area contributed by atoms with Crippen molar-refractivity contribution in [1.82, 2.24) is 4.90 Å². The van der Waals surface area contributed by atoms with Crippen molar-refractivity contribution in [3.63, 3.8) is 0 Å². The first kappa shape index (κ1) is 17.4. The summed E-state index contributed by atoms with van der Waals surface area (Å²) in [6.07, 6.45) is 0.166. The van der Waals surface area contributed by atoms with Crippen LogP contribution in [0.15, 0.2) is 16.3 Å². The molecule has 0 aromatic carbocycles. The molecule has 1 amide bonds. The summed E-state index contributed by atoms with van der Waals surface area (Å²) in [5, 5.41) is 0. The van der Waals surface area contributed by atoms with Gasteiger partial charge in [0.1, 0.15) is 4.21 Å². The molecular formula is C12H18ClNO4S2. The Morgan fingerprint density at radius 2 is 2.10 bits per heavy atom. The first-order valence-electron chi connectivity index (χ1n) is 6.07. The monoisotopic (exact) mass is 339 g/mol. The number of carbonyl (C=O) groups is 1. The molecule has 0 aliphatic rings. The lowest BCUT2D eigenvalue weighted by Crippen LogP contribution is -2.40. The molecule has 0 N–H and O–H groups in total. The number of thiophene rings is 1. The van der Waals surface area contributed by atoms with Gasteiger partial charge in [0.2, 0.25) is 5.91 Å². The molecular weight excluding hydrogens is 322 g/mol. The summed E-state index contributed by atoms with van der Waals surface area (Å²) >= 11 is 1.02. The van der Waals surface area contributed by atoms with Gasteiger partial charge in [-0.2, -0.15) is 0 Å². The molecule has 0 saturated carbocycles. The van der Waals surface area contributed by atoms with E-state index in [2.05, 4.69) is 0 Å². The molecule has 0 spiro atoms. The van der Waals surface area contributed by atoms with E-state index in [-0.39, 0.29) is 22.6 Å². The summed E-state index contributed by atoms with van der Waals surface area (Å²) < 4.78 is 27.4. The molecule has 0 saturated heterocycles. The number of rotatable bonds is 7. The van der Waals surface area contributed by atoms with Crippen LogP contribution < -0.4 is 0 Å². The van der Waals surface area contributed by atoms with Gasteiger partial charge < -0.3 is 9.64 Å². The number of halogens is 1. The number of amides is 1. The average Bonchev–Trinajstić information content (AvgIpc) is 2.77. The highest BCUT2D eigenvalue weighted by atomic mass is 35.7. The molecule has 0 fully saturated rings. The van der Waals surface area contributed by atoms with E-state index in [1.54, 1.807) is 18.1 Å². The Morgan fingerprint density at radius 1 is 1.45 bits per heavy atom. The normalized spacial score (nSPS) is 11.8. The predicted octanol–water partition coefficient (Wildman–Crippen LogP) is 2.10. The number of hydrogen-bond acceptors (Lipinski definition) is 5. The first-order valence-corrected chi connectivity index (χ1v) is 9.20. The van der Waals surface area contributed by atoms with E-state index in [1.807, 2.05) is 13.8 Å². The fraction of sp³-hybridized carbons (Fsp3) is 0.583. The van der Waals surface area contributed by atoms with Crippen LogP contribution in [-0.2, 0) is 25.0 Å². The molecule has 0 radical (unpaired) electrons. The second-order valence-electron chi connectivity index (χ2n) is 4.51. The standard InChI is InChI=1S/C12H18ClNO4S2/c1-9(2)14(6-7-18-3)11(15)8-10-4-5-12(19-10)20(13,16)17/h4-5,9H,6-8H2,1-3H3. The molecule has 0 aliphatic heterocycles. The van der Waals surface area contributed by atoms with Crippen molar-refractivity contribution in [3.05, 3.63) is 17.0 Å². The van der Waals surface area contributed by atoms with Gasteiger partial charge in [0.25, 0.3) is 9.05 Å². The van der Waals surface area contributed by atoms with Gasteiger partial charge in [0, 0.05) is 35.3 Å². The predicted molar refractivity (Wildman–Crippen MR) is 79.8 cm³/mol. The lowest BCUT2D eigenvalue weighted by molar-refractivity contribution is -0.132. The summed E-state index contributed by atoms with van der Waals surface area (Å²) in [7, 11) is 3.12. The molecule has 20 heavy (non-hydrogen) atoms. The Kier molecular flexibility index (Phi) is 6.44.